The first kappa shape index (κ1) is 16.8. The van der Waals surface area contributed by atoms with E-state index in [0.717, 1.165) is 37.6 Å². The number of anilines is 1. The van der Waals surface area contributed by atoms with Gasteiger partial charge in [0.05, 0.1) is 13.7 Å². The maximum atomic E-state index is 12.2. The molecule has 0 radical (unpaired) electrons. The molecule has 1 atom stereocenters. The lowest BCUT2D eigenvalue weighted by atomic mass is 9.88. The number of amides is 1. The molecule has 2 aliphatic heterocycles. The molecule has 4 rings (SSSR count). The Morgan fingerprint density at radius 3 is 2.88 bits per heavy atom. The Kier molecular flexibility index (Phi) is 4.23. The molecule has 1 amide bonds. The molecule has 2 aromatic rings. The van der Waals surface area contributed by atoms with E-state index in [-0.39, 0.29) is 5.91 Å². The molecular formula is C17H22N6O3. The molecular weight excluding hydrogens is 336 g/mol. The van der Waals surface area contributed by atoms with Crippen LogP contribution < -0.4 is 15.0 Å². The van der Waals surface area contributed by atoms with Gasteiger partial charge in [-0.15, -0.1) is 0 Å². The number of carbonyl (C=O) groups is 1. The summed E-state index contributed by atoms with van der Waals surface area (Å²) in [6.45, 7) is 1.98. The van der Waals surface area contributed by atoms with Crippen LogP contribution in [0.2, 0.25) is 0 Å². The molecule has 2 aromatic heterocycles. The van der Waals surface area contributed by atoms with Crippen LogP contribution in [0.4, 0.5) is 5.82 Å². The van der Waals surface area contributed by atoms with Crippen LogP contribution in [0.5, 0.6) is 5.88 Å². The van der Waals surface area contributed by atoms with E-state index in [0.29, 0.717) is 12.4 Å². The summed E-state index contributed by atoms with van der Waals surface area (Å²) in [5.41, 5.74) is -0.549. The number of fused-ring (bicyclic) bond motifs is 2. The highest BCUT2D eigenvalue weighted by Crippen LogP contribution is 2.40. The minimum absolute atomic E-state index is 0.105. The van der Waals surface area contributed by atoms with E-state index in [1.165, 1.54) is 6.33 Å². The molecule has 0 aromatic carbocycles. The molecule has 0 unspecified atom stereocenters. The van der Waals surface area contributed by atoms with Gasteiger partial charge < -0.3 is 24.3 Å². The van der Waals surface area contributed by atoms with Crippen LogP contribution in [0.15, 0.2) is 24.8 Å². The van der Waals surface area contributed by atoms with Crippen LogP contribution in [0.25, 0.3) is 0 Å². The third-order valence-corrected chi connectivity index (χ3v) is 5.12. The van der Waals surface area contributed by atoms with Crippen LogP contribution in [0.3, 0.4) is 0 Å². The molecule has 1 fully saturated rings. The molecule has 1 saturated heterocycles. The van der Waals surface area contributed by atoms with Crippen molar-refractivity contribution in [3.05, 3.63) is 30.6 Å². The number of piperidine rings is 1. The molecule has 26 heavy (non-hydrogen) atoms. The summed E-state index contributed by atoms with van der Waals surface area (Å²) < 4.78 is 13.5. The van der Waals surface area contributed by atoms with Gasteiger partial charge >= 0.3 is 0 Å². The minimum Gasteiger partial charge on any atom is -0.481 e. The van der Waals surface area contributed by atoms with Gasteiger partial charge in [-0.2, -0.15) is 0 Å². The fraction of sp³-hybridized carbons (Fsp3) is 0.529. The first-order valence-electron chi connectivity index (χ1n) is 8.67. The number of rotatable bonds is 3. The third kappa shape index (κ3) is 2.78. The van der Waals surface area contributed by atoms with Crippen molar-refractivity contribution < 1.29 is 14.3 Å². The summed E-state index contributed by atoms with van der Waals surface area (Å²) in [5, 5.41) is 2.69. The first-order chi connectivity index (χ1) is 12.6. The van der Waals surface area contributed by atoms with Crippen molar-refractivity contribution in [1.29, 1.82) is 0 Å². The fourth-order valence-corrected chi connectivity index (χ4v) is 3.75. The van der Waals surface area contributed by atoms with E-state index >= 15 is 0 Å². The summed E-state index contributed by atoms with van der Waals surface area (Å²) in [6, 6.07) is 1.83. The molecule has 0 aliphatic carbocycles. The SMILES string of the molecule is CNC(=O)[C@H]1Cn2ccnc2C2(CCN(c3cc(OC)ncn3)CC2)O1. The highest BCUT2D eigenvalue weighted by molar-refractivity contribution is 5.80. The molecule has 9 nitrogen and oxygen atoms in total. The van der Waals surface area contributed by atoms with Crippen LogP contribution >= 0.6 is 0 Å². The van der Waals surface area contributed by atoms with Crippen molar-refractivity contribution in [2.24, 2.45) is 0 Å². The van der Waals surface area contributed by atoms with Crippen molar-refractivity contribution in [2.75, 3.05) is 32.1 Å². The van der Waals surface area contributed by atoms with Crippen molar-refractivity contribution in [3.63, 3.8) is 0 Å². The second-order valence-electron chi connectivity index (χ2n) is 6.52. The normalized spacial score (nSPS) is 21.3. The number of likely N-dealkylation sites (N-methyl/N-ethyl adjacent to an activating group) is 1. The lowest BCUT2D eigenvalue weighted by Gasteiger charge is -2.45. The fourth-order valence-electron chi connectivity index (χ4n) is 3.75. The third-order valence-electron chi connectivity index (χ3n) is 5.12. The van der Waals surface area contributed by atoms with Crippen molar-refractivity contribution in [3.8, 4) is 5.88 Å². The van der Waals surface area contributed by atoms with E-state index in [1.54, 1.807) is 20.4 Å². The number of carbonyl (C=O) groups excluding carboxylic acids is 1. The van der Waals surface area contributed by atoms with E-state index in [9.17, 15) is 4.79 Å². The summed E-state index contributed by atoms with van der Waals surface area (Å²) in [5.74, 6) is 2.16. The lowest BCUT2D eigenvalue weighted by molar-refractivity contribution is -0.166. The summed E-state index contributed by atoms with van der Waals surface area (Å²) in [7, 11) is 3.22. The quantitative estimate of drug-likeness (QED) is 0.844. The zero-order valence-corrected chi connectivity index (χ0v) is 14.9. The van der Waals surface area contributed by atoms with Crippen molar-refractivity contribution in [2.45, 2.75) is 31.1 Å². The monoisotopic (exact) mass is 358 g/mol. The smallest absolute Gasteiger partial charge is 0.250 e. The Bertz CT molecular complexity index is 799. The molecule has 1 spiro atoms. The Morgan fingerprint density at radius 1 is 1.35 bits per heavy atom. The zero-order chi connectivity index (χ0) is 18.1. The highest BCUT2D eigenvalue weighted by atomic mass is 16.5. The van der Waals surface area contributed by atoms with E-state index in [2.05, 4.69) is 25.2 Å². The summed E-state index contributed by atoms with van der Waals surface area (Å²) in [4.78, 5) is 27.3. The Balaban J connectivity index is 1.56. The van der Waals surface area contributed by atoms with Gasteiger partial charge in [0.25, 0.3) is 5.91 Å². The van der Waals surface area contributed by atoms with Crippen LogP contribution in [-0.2, 0) is 21.7 Å². The van der Waals surface area contributed by atoms with Gasteiger partial charge in [-0.05, 0) is 0 Å². The average Bonchev–Trinajstić information content (AvgIpc) is 3.17. The lowest BCUT2D eigenvalue weighted by Crippen LogP contribution is -2.54. The topological polar surface area (TPSA) is 94.4 Å². The molecule has 9 heteroatoms. The summed E-state index contributed by atoms with van der Waals surface area (Å²) >= 11 is 0. The Labute approximate surface area is 151 Å². The first-order valence-corrected chi connectivity index (χ1v) is 8.67. The molecule has 4 heterocycles. The molecule has 2 aliphatic rings. The predicted molar refractivity (Wildman–Crippen MR) is 92.9 cm³/mol. The van der Waals surface area contributed by atoms with E-state index in [4.69, 9.17) is 9.47 Å². The average molecular weight is 358 g/mol. The van der Waals surface area contributed by atoms with Crippen LogP contribution in [0, 0.1) is 0 Å². The number of nitrogens with one attached hydrogen (secondary N) is 1. The van der Waals surface area contributed by atoms with Crippen LogP contribution in [-0.4, -0.2) is 58.8 Å². The summed E-state index contributed by atoms with van der Waals surface area (Å²) in [6.07, 6.45) is 6.13. The second-order valence-corrected chi connectivity index (χ2v) is 6.52. The molecule has 138 valence electrons. The van der Waals surface area contributed by atoms with Gasteiger partial charge in [-0.25, -0.2) is 15.0 Å². The number of aromatic nitrogens is 4. The van der Waals surface area contributed by atoms with Crippen molar-refractivity contribution in [1.82, 2.24) is 24.8 Å². The maximum absolute atomic E-state index is 12.2. The number of methoxy groups -OCH3 is 1. The number of nitrogens with zero attached hydrogens (tertiary/aromatic N) is 5. The highest BCUT2D eigenvalue weighted by Gasteiger charge is 2.47. The number of ether oxygens (including phenoxy) is 2. The van der Waals surface area contributed by atoms with Crippen LogP contribution in [0.1, 0.15) is 18.7 Å². The minimum atomic E-state index is -0.549. The molecule has 0 bridgehead atoms. The second kappa shape index (κ2) is 6.56. The van der Waals surface area contributed by atoms with Gasteiger partial charge in [0.2, 0.25) is 5.88 Å². The van der Waals surface area contributed by atoms with E-state index in [1.807, 2.05) is 16.8 Å². The number of hydrogen-bond acceptors (Lipinski definition) is 7. The van der Waals surface area contributed by atoms with E-state index < -0.39 is 11.7 Å². The number of hydrogen-bond donors (Lipinski definition) is 1. The zero-order valence-electron chi connectivity index (χ0n) is 14.9. The van der Waals surface area contributed by atoms with Gasteiger partial charge in [0, 0.05) is 51.4 Å². The Hall–Kier alpha value is -2.68. The number of imidazole rings is 1. The maximum Gasteiger partial charge on any atom is 0.250 e. The van der Waals surface area contributed by atoms with Gasteiger partial charge in [-0.1, -0.05) is 0 Å². The van der Waals surface area contributed by atoms with Gasteiger partial charge in [0.1, 0.15) is 23.6 Å². The predicted octanol–water partition coefficient (Wildman–Crippen LogP) is 0.322. The standard InChI is InChI=1S/C17H22N6O3/c1-18-15(24)12-10-23-8-5-19-16(23)17(26-12)3-6-22(7-4-17)13-9-14(25-2)21-11-20-13/h5,8-9,11-12H,3-4,6-7,10H2,1-2H3,(H,18,24)/t12-/m1/s1. The largest absolute Gasteiger partial charge is 0.481 e. The molecule has 0 saturated carbocycles. The van der Waals surface area contributed by atoms with Crippen molar-refractivity contribution >= 4 is 11.7 Å². The Morgan fingerprint density at radius 2 is 2.15 bits per heavy atom. The molecule has 1 N–H and O–H groups in total. The van der Waals surface area contributed by atoms with Gasteiger partial charge in [-0.3, -0.25) is 4.79 Å². The van der Waals surface area contributed by atoms with Gasteiger partial charge in [0.15, 0.2) is 6.10 Å².